The third kappa shape index (κ3) is 4.55. The summed E-state index contributed by atoms with van der Waals surface area (Å²) in [5, 5.41) is 13.6. The number of nitrogens with one attached hydrogen (secondary N) is 1. The average Bonchev–Trinajstić information content (AvgIpc) is 2.73. The molecule has 2 aromatic carbocycles. The first kappa shape index (κ1) is 20.0. The van der Waals surface area contributed by atoms with Crippen LogP contribution in [0.25, 0.3) is 0 Å². The number of amides is 1. The molecule has 0 aliphatic carbocycles. The molecule has 2 aromatic rings. The van der Waals surface area contributed by atoms with Crippen molar-refractivity contribution < 1.29 is 18.1 Å². The number of nitro benzene ring substituents is 1. The minimum absolute atomic E-state index is 0.0186. The van der Waals surface area contributed by atoms with Gasteiger partial charge in [-0.15, -0.1) is 0 Å². The molecule has 0 spiro atoms. The van der Waals surface area contributed by atoms with E-state index >= 15 is 0 Å². The predicted molar refractivity (Wildman–Crippen MR) is 103 cm³/mol. The largest absolute Gasteiger partial charge is 0.352 e. The zero-order chi connectivity index (χ0) is 20.1. The zero-order valence-corrected chi connectivity index (χ0v) is 16.0. The van der Waals surface area contributed by atoms with Crippen LogP contribution in [-0.4, -0.2) is 36.6 Å². The molecular formula is C19H21N3O5S. The molecule has 0 unspecified atom stereocenters. The molecule has 8 nitrogen and oxygen atoms in total. The maximum Gasteiger partial charge on any atom is 0.269 e. The molecule has 0 atom stereocenters. The van der Waals surface area contributed by atoms with E-state index in [1.54, 1.807) is 0 Å². The Morgan fingerprint density at radius 1 is 1.07 bits per heavy atom. The van der Waals surface area contributed by atoms with Gasteiger partial charge in [0, 0.05) is 37.7 Å². The summed E-state index contributed by atoms with van der Waals surface area (Å²) in [5.41, 5.74) is 0.849. The number of rotatable bonds is 6. The Morgan fingerprint density at radius 2 is 1.68 bits per heavy atom. The number of carbonyl (C=O) groups excluding carboxylic acids is 1. The third-order valence-electron chi connectivity index (χ3n) is 4.82. The van der Waals surface area contributed by atoms with Gasteiger partial charge in [0.1, 0.15) is 0 Å². The number of carbonyl (C=O) groups is 1. The van der Waals surface area contributed by atoms with Gasteiger partial charge in [0.25, 0.3) is 5.69 Å². The summed E-state index contributed by atoms with van der Waals surface area (Å²) in [6.07, 6.45) is 0.875. The maximum absolute atomic E-state index is 12.7. The quantitative estimate of drug-likeness (QED) is 0.588. The van der Waals surface area contributed by atoms with Crippen molar-refractivity contribution in [2.45, 2.75) is 24.3 Å². The van der Waals surface area contributed by atoms with Crippen LogP contribution in [0.4, 0.5) is 5.69 Å². The molecule has 1 aliphatic heterocycles. The molecule has 0 aromatic heterocycles. The highest BCUT2D eigenvalue weighted by Crippen LogP contribution is 2.25. The number of nitro groups is 1. The van der Waals surface area contributed by atoms with Gasteiger partial charge in [-0.3, -0.25) is 14.9 Å². The van der Waals surface area contributed by atoms with Crippen molar-refractivity contribution in [3.8, 4) is 0 Å². The Labute approximate surface area is 163 Å². The second-order valence-corrected chi connectivity index (χ2v) is 8.57. The van der Waals surface area contributed by atoms with Crippen LogP contribution >= 0.6 is 0 Å². The number of nitrogens with zero attached hydrogens (tertiary/aromatic N) is 2. The van der Waals surface area contributed by atoms with Crippen LogP contribution in [0, 0.1) is 16.0 Å². The third-order valence-corrected chi connectivity index (χ3v) is 6.73. The number of piperidine rings is 1. The van der Waals surface area contributed by atoms with Gasteiger partial charge in [-0.2, -0.15) is 4.31 Å². The van der Waals surface area contributed by atoms with Crippen molar-refractivity contribution in [2.24, 2.45) is 5.92 Å². The van der Waals surface area contributed by atoms with Crippen LogP contribution in [-0.2, 0) is 21.4 Å². The fourth-order valence-corrected chi connectivity index (χ4v) is 4.65. The fourth-order valence-electron chi connectivity index (χ4n) is 3.18. The van der Waals surface area contributed by atoms with E-state index in [0.29, 0.717) is 19.4 Å². The van der Waals surface area contributed by atoms with Gasteiger partial charge < -0.3 is 5.32 Å². The second-order valence-electron chi connectivity index (χ2n) is 6.63. The van der Waals surface area contributed by atoms with Crippen molar-refractivity contribution in [1.82, 2.24) is 9.62 Å². The second kappa shape index (κ2) is 8.49. The van der Waals surface area contributed by atoms with E-state index in [1.165, 1.54) is 28.6 Å². The summed E-state index contributed by atoms with van der Waals surface area (Å²) in [7, 11) is -3.73. The Balaban J connectivity index is 1.56. The van der Waals surface area contributed by atoms with Crippen LogP contribution in [0.5, 0.6) is 0 Å². The van der Waals surface area contributed by atoms with Crippen LogP contribution in [0.15, 0.2) is 59.5 Å². The molecular weight excluding hydrogens is 382 g/mol. The molecule has 1 amide bonds. The van der Waals surface area contributed by atoms with E-state index in [-0.39, 0.29) is 35.5 Å². The predicted octanol–water partition coefficient (Wildman–Crippen LogP) is 2.31. The lowest BCUT2D eigenvalue weighted by molar-refractivity contribution is -0.384. The van der Waals surface area contributed by atoms with Gasteiger partial charge in [0.2, 0.25) is 15.9 Å². The number of benzene rings is 2. The topological polar surface area (TPSA) is 110 Å². The van der Waals surface area contributed by atoms with E-state index < -0.39 is 14.9 Å². The van der Waals surface area contributed by atoms with Gasteiger partial charge in [0.05, 0.1) is 9.82 Å². The standard InChI is InChI=1S/C19H21N3O5S/c23-19(20-14-15-4-2-1-3-5-15)16-10-12-21(13-11-16)28(26,27)18-8-6-17(7-9-18)22(24)25/h1-9,16H,10-14H2,(H,20,23). The summed E-state index contributed by atoms with van der Waals surface area (Å²) in [5.74, 6) is -0.303. The normalized spacial score (nSPS) is 15.9. The van der Waals surface area contributed by atoms with E-state index in [9.17, 15) is 23.3 Å². The van der Waals surface area contributed by atoms with Gasteiger partial charge >= 0.3 is 0 Å². The summed E-state index contributed by atoms with van der Waals surface area (Å²) in [6, 6.07) is 14.4. The molecule has 1 fully saturated rings. The highest BCUT2D eigenvalue weighted by atomic mass is 32.2. The van der Waals surface area contributed by atoms with E-state index in [2.05, 4.69) is 5.32 Å². The first-order valence-electron chi connectivity index (χ1n) is 8.94. The molecule has 28 heavy (non-hydrogen) atoms. The summed E-state index contributed by atoms with van der Waals surface area (Å²) in [4.78, 5) is 22.5. The van der Waals surface area contributed by atoms with Gasteiger partial charge in [0.15, 0.2) is 0 Å². The minimum Gasteiger partial charge on any atom is -0.352 e. The number of hydrogen-bond donors (Lipinski definition) is 1. The summed E-state index contributed by atoms with van der Waals surface area (Å²) >= 11 is 0. The SMILES string of the molecule is O=C(NCc1ccccc1)C1CCN(S(=O)(=O)c2ccc([N+](=O)[O-])cc2)CC1. The first-order valence-corrected chi connectivity index (χ1v) is 10.4. The molecule has 1 heterocycles. The van der Waals surface area contributed by atoms with Crippen molar-refractivity contribution in [3.63, 3.8) is 0 Å². The van der Waals surface area contributed by atoms with Crippen molar-refractivity contribution in [3.05, 3.63) is 70.3 Å². The lowest BCUT2D eigenvalue weighted by Gasteiger charge is -2.30. The van der Waals surface area contributed by atoms with Crippen LogP contribution in [0.1, 0.15) is 18.4 Å². The van der Waals surface area contributed by atoms with E-state index in [0.717, 1.165) is 5.56 Å². The number of sulfonamides is 1. The Morgan fingerprint density at radius 3 is 2.25 bits per heavy atom. The first-order chi connectivity index (χ1) is 13.4. The smallest absolute Gasteiger partial charge is 0.269 e. The average molecular weight is 403 g/mol. The molecule has 1 saturated heterocycles. The lowest BCUT2D eigenvalue weighted by Crippen LogP contribution is -2.42. The fraction of sp³-hybridized carbons (Fsp3) is 0.316. The van der Waals surface area contributed by atoms with Gasteiger partial charge in [-0.25, -0.2) is 8.42 Å². The molecule has 0 radical (unpaired) electrons. The zero-order valence-electron chi connectivity index (χ0n) is 15.2. The van der Waals surface area contributed by atoms with Crippen LogP contribution in [0.3, 0.4) is 0 Å². The molecule has 1 aliphatic rings. The molecule has 0 bridgehead atoms. The molecule has 3 rings (SSSR count). The Kier molecular flexibility index (Phi) is 6.05. The highest BCUT2D eigenvalue weighted by Gasteiger charge is 2.32. The molecule has 9 heteroatoms. The summed E-state index contributed by atoms with van der Waals surface area (Å²) in [6.45, 7) is 0.923. The minimum atomic E-state index is -3.73. The number of non-ortho nitro benzene ring substituents is 1. The number of hydrogen-bond acceptors (Lipinski definition) is 5. The van der Waals surface area contributed by atoms with Gasteiger partial charge in [-0.05, 0) is 30.5 Å². The Bertz CT molecular complexity index is 937. The van der Waals surface area contributed by atoms with Crippen molar-refractivity contribution in [1.29, 1.82) is 0 Å². The summed E-state index contributed by atoms with van der Waals surface area (Å²) < 4.78 is 26.8. The maximum atomic E-state index is 12.7. The molecule has 148 valence electrons. The van der Waals surface area contributed by atoms with E-state index in [4.69, 9.17) is 0 Å². The van der Waals surface area contributed by atoms with Crippen molar-refractivity contribution >= 4 is 21.6 Å². The lowest BCUT2D eigenvalue weighted by atomic mass is 9.97. The highest BCUT2D eigenvalue weighted by molar-refractivity contribution is 7.89. The van der Waals surface area contributed by atoms with Crippen LogP contribution < -0.4 is 5.32 Å². The van der Waals surface area contributed by atoms with Crippen LogP contribution in [0.2, 0.25) is 0 Å². The monoisotopic (exact) mass is 403 g/mol. The molecule has 0 saturated carbocycles. The van der Waals surface area contributed by atoms with Crippen molar-refractivity contribution in [2.75, 3.05) is 13.1 Å². The van der Waals surface area contributed by atoms with Gasteiger partial charge in [-0.1, -0.05) is 30.3 Å². The molecule has 1 N–H and O–H groups in total. The Hall–Kier alpha value is -2.78. The van der Waals surface area contributed by atoms with E-state index in [1.807, 2.05) is 30.3 Å².